The van der Waals surface area contributed by atoms with E-state index in [1.54, 1.807) is 12.4 Å². The van der Waals surface area contributed by atoms with E-state index in [0.29, 0.717) is 6.04 Å². The zero-order valence-corrected chi connectivity index (χ0v) is 11.5. The van der Waals surface area contributed by atoms with Crippen molar-refractivity contribution in [1.29, 1.82) is 0 Å². The molecule has 0 aromatic carbocycles. The first-order chi connectivity index (χ1) is 8.66. The lowest BCUT2D eigenvalue weighted by Crippen LogP contribution is -2.53. The number of hydrogen-bond donors (Lipinski definition) is 1. The number of piperazine rings is 1. The quantitative estimate of drug-likeness (QED) is 0.835. The highest BCUT2D eigenvalue weighted by Crippen LogP contribution is 2.09. The molecule has 0 amide bonds. The minimum Gasteiger partial charge on any atom is -0.307 e. The van der Waals surface area contributed by atoms with Crippen LogP contribution in [0.5, 0.6) is 0 Å². The van der Waals surface area contributed by atoms with E-state index in [2.05, 4.69) is 46.1 Å². The maximum atomic E-state index is 4.33. The predicted octanol–water partition coefficient (Wildman–Crippen LogP) is 0.373. The minimum absolute atomic E-state index is 0.249. The highest BCUT2D eigenvalue weighted by molar-refractivity contribution is 5.00. The first-order valence-corrected chi connectivity index (χ1v) is 6.55. The van der Waals surface area contributed by atoms with E-state index >= 15 is 0 Å². The van der Waals surface area contributed by atoms with Crippen LogP contribution in [-0.4, -0.2) is 66.1 Å². The Morgan fingerprint density at radius 3 is 2.94 bits per heavy atom. The fourth-order valence-corrected chi connectivity index (χ4v) is 2.27. The summed E-state index contributed by atoms with van der Waals surface area (Å²) < 4.78 is 0. The smallest absolute Gasteiger partial charge is 0.0753 e. The van der Waals surface area contributed by atoms with Crippen molar-refractivity contribution in [2.75, 3.05) is 40.3 Å². The molecule has 100 valence electrons. The van der Waals surface area contributed by atoms with Gasteiger partial charge >= 0.3 is 0 Å². The number of likely N-dealkylation sites (N-methyl/N-ethyl adjacent to an activating group) is 2. The Bertz CT molecular complexity index is 356. The van der Waals surface area contributed by atoms with Crippen molar-refractivity contribution >= 4 is 0 Å². The normalized spacial score (nSPS) is 24.1. The lowest BCUT2D eigenvalue weighted by molar-refractivity contribution is 0.111. The van der Waals surface area contributed by atoms with E-state index in [0.717, 1.165) is 31.9 Å². The molecule has 1 aromatic heterocycles. The monoisotopic (exact) mass is 249 g/mol. The molecule has 0 aliphatic carbocycles. The van der Waals surface area contributed by atoms with E-state index in [1.165, 1.54) is 0 Å². The molecular weight excluding hydrogens is 226 g/mol. The molecule has 0 spiro atoms. The molecule has 1 aliphatic heterocycles. The molecule has 5 nitrogen and oxygen atoms in total. The molecule has 2 heterocycles. The maximum absolute atomic E-state index is 4.33. The van der Waals surface area contributed by atoms with Gasteiger partial charge in [-0.3, -0.25) is 14.9 Å². The Morgan fingerprint density at radius 2 is 2.22 bits per heavy atom. The molecule has 1 aromatic rings. The predicted molar refractivity (Wildman–Crippen MR) is 72.4 cm³/mol. The van der Waals surface area contributed by atoms with Crippen LogP contribution < -0.4 is 5.32 Å². The number of hydrogen-bond acceptors (Lipinski definition) is 5. The van der Waals surface area contributed by atoms with Gasteiger partial charge in [-0.1, -0.05) is 0 Å². The second-order valence-electron chi connectivity index (χ2n) is 5.16. The largest absolute Gasteiger partial charge is 0.307 e. The standard InChI is InChI=1S/C13H23N5/c1-11(13-9-14-4-5-15-13)16-8-12-10-17(2)6-7-18(12)3/h4-5,9,11-12,16H,6-8,10H2,1-3H3. The van der Waals surface area contributed by atoms with E-state index in [1.807, 2.05) is 6.20 Å². The Hall–Kier alpha value is -1.04. The highest BCUT2D eigenvalue weighted by atomic mass is 15.3. The lowest BCUT2D eigenvalue weighted by Gasteiger charge is -2.38. The summed E-state index contributed by atoms with van der Waals surface area (Å²) in [5, 5.41) is 3.55. The summed E-state index contributed by atoms with van der Waals surface area (Å²) in [6.45, 7) is 6.54. The van der Waals surface area contributed by atoms with Crippen molar-refractivity contribution < 1.29 is 0 Å². The van der Waals surface area contributed by atoms with Crippen LogP contribution >= 0.6 is 0 Å². The molecule has 2 atom stereocenters. The van der Waals surface area contributed by atoms with Gasteiger partial charge in [-0.15, -0.1) is 0 Å². The second kappa shape index (κ2) is 6.22. The summed E-state index contributed by atoms with van der Waals surface area (Å²) in [6, 6.07) is 0.821. The van der Waals surface area contributed by atoms with Gasteiger partial charge in [-0.2, -0.15) is 0 Å². The van der Waals surface area contributed by atoms with Crippen LogP contribution in [0.2, 0.25) is 0 Å². The van der Waals surface area contributed by atoms with Crippen molar-refractivity contribution in [3.8, 4) is 0 Å². The summed E-state index contributed by atoms with van der Waals surface area (Å²) in [6.07, 6.45) is 5.28. The summed E-state index contributed by atoms with van der Waals surface area (Å²) in [4.78, 5) is 13.2. The van der Waals surface area contributed by atoms with Gasteiger partial charge in [0.05, 0.1) is 5.69 Å². The van der Waals surface area contributed by atoms with Gasteiger partial charge in [0.1, 0.15) is 0 Å². The maximum Gasteiger partial charge on any atom is 0.0753 e. The molecule has 0 bridgehead atoms. The van der Waals surface area contributed by atoms with Crippen LogP contribution in [0.4, 0.5) is 0 Å². The molecule has 1 N–H and O–H groups in total. The van der Waals surface area contributed by atoms with Crippen LogP contribution in [-0.2, 0) is 0 Å². The average Bonchev–Trinajstić information content (AvgIpc) is 2.40. The number of nitrogens with one attached hydrogen (secondary N) is 1. The summed E-state index contributed by atoms with van der Waals surface area (Å²) in [5.74, 6) is 0. The van der Waals surface area contributed by atoms with Gasteiger partial charge in [0, 0.05) is 56.9 Å². The van der Waals surface area contributed by atoms with Crippen molar-refractivity contribution in [3.05, 3.63) is 24.3 Å². The lowest BCUT2D eigenvalue weighted by atomic mass is 10.1. The van der Waals surface area contributed by atoms with Crippen molar-refractivity contribution in [3.63, 3.8) is 0 Å². The van der Waals surface area contributed by atoms with Crippen LogP contribution in [0.1, 0.15) is 18.7 Å². The molecule has 0 radical (unpaired) electrons. The van der Waals surface area contributed by atoms with Gasteiger partial charge in [-0.05, 0) is 21.0 Å². The molecular formula is C13H23N5. The van der Waals surface area contributed by atoms with Gasteiger partial charge in [-0.25, -0.2) is 0 Å². The Labute approximate surface area is 109 Å². The number of aromatic nitrogens is 2. The van der Waals surface area contributed by atoms with E-state index in [9.17, 15) is 0 Å². The summed E-state index contributed by atoms with van der Waals surface area (Å²) in [5.41, 5.74) is 1.00. The SMILES string of the molecule is CC(NCC1CN(C)CCN1C)c1cnccn1. The van der Waals surface area contributed by atoms with E-state index < -0.39 is 0 Å². The van der Waals surface area contributed by atoms with Crippen LogP contribution in [0, 0.1) is 0 Å². The molecule has 1 aliphatic rings. The van der Waals surface area contributed by atoms with Gasteiger partial charge in [0.25, 0.3) is 0 Å². The van der Waals surface area contributed by atoms with Crippen LogP contribution in [0.15, 0.2) is 18.6 Å². The molecule has 2 unspecified atom stereocenters. The summed E-state index contributed by atoms with van der Waals surface area (Å²) >= 11 is 0. The van der Waals surface area contributed by atoms with Crippen LogP contribution in [0.25, 0.3) is 0 Å². The number of nitrogens with zero attached hydrogens (tertiary/aromatic N) is 4. The summed E-state index contributed by atoms with van der Waals surface area (Å²) in [7, 11) is 4.39. The molecule has 1 saturated heterocycles. The molecule has 18 heavy (non-hydrogen) atoms. The van der Waals surface area contributed by atoms with Crippen molar-refractivity contribution in [2.24, 2.45) is 0 Å². The fourth-order valence-electron chi connectivity index (χ4n) is 2.27. The molecule has 1 fully saturated rings. The first-order valence-electron chi connectivity index (χ1n) is 6.55. The molecule has 0 saturated carbocycles. The van der Waals surface area contributed by atoms with Gasteiger partial charge < -0.3 is 10.2 Å². The average molecular weight is 249 g/mol. The zero-order valence-electron chi connectivity index (χ0n) is 11.5. The Balaban J connectivity index is 1.83. The third-order valence-corrected chi connectivity index (χ3v) is 3.67. The van der Waals surface area contributed by atoms with Crippen molar-refractivity contribution in [2.45, 2.75) is 19.0 Å². The minimum atomic E-state index is 0.249. The third-order valence-electron chi connectivity index (χ3n) is 3.67. The van der Waals surface area contributed by atoms with E-state index in [-0.39, 0.29) is 6.04 Å². The van der Waals surface area contributed by atoms with Crippen molar-refractivity contribution in [1.82, 2.24) is 25.1 Å². The highest BCUT2D eigenvalue weighted by Gasteiger charge is 2.22. The van der Waals surface area contributed by atoms with Gasteiger partial charge in [0.2, 0.25) is 0 Å². The van der Waals surface area contributed by atoms with Gasteiger partial charge in [0.15, 0.2) is 0 Å². The second-order valence-corrected chi connectivity index (χ2v) is 5.16. The number of rotatable bonds is 4. The molecule has 2 rings (SSSR count). The molecule has 5 heteroatoms. The third kappa shape index (κ3) is 3.48. The Morgan fingerprint density at radius 1 is 1.39 bits per heavy atom. The fraction of sp³-hybridized carbons (Fsp3) is 0.692. The van der Waals surface area contributed by atoms with E-state index in [4.69, 9.17) is 0 Å². The van der Waals surface area contributed by atoms with Crippen LogP contribution in [0.3, 0.4) is 0 Å². The first kappa shape index (κ1) is 13.4. The zero-order chi connectivity index (χ0) is 13.0. The Kier molecular flexibility index (Phi) is 4.63. The topological polar surface area (TPSA) is 44.3 Å².